The molecule has 5 heteroatoms. The van der Waals surface area contributed by atoms with Crippen molar-refractivity contribution in [3.63, 3.8) is 0 Å². The van der Waals surface area contributed by atoms with Crippen molar-refractivity contribution in [2.75, 3.05) is 26.8 Å². The Morgan fingerprint density at radius 2 is 2.30 bits per heavy atom. The van der Waals surface area contributed by atoms with Gasteiger partial charge >= 0.3 is 0 Å². The van der Waals surface area contributed by atoms with Crippen LogP contribution in [0.4, 0.5) is 4.39 Å². The normalized spacial score (nSPS) is 22.7. The number of ether oxygens (including phenoxy) is 1. The molecule has 1 N–H and O–H groups in total. The molecule has 1 aromatic carbocycles. The summed E-state index contributed by atoms with van der Waals surface area (Å²) in [4.78, 5) is 14.0. The van der Waals surface area contributed by atoms with Gasteiger partial charge in [-0.2, -0.15) is 0 Å². The van der Waals surface area contributed by atoms with Crippen molar-refractivity contribution in [1.29, 1.82) is 0 Å². The molecule has 0 aromatic heterocycles. The van der Waals surface area contributed by atoms with Crippen molar-refractivity contribution in [3.05, 3.63) is 29.6 Å². The maximum Gasteiger partial charge on any atom is 0.256 e. The molecule has 1 atom stereocenters. The van der Waals surface area contributed by atoms with Gasteiger partial charge in [0.05, 0.1) is 19.3 Å². The first-order valence-electron chi connectivity index (χ1n) is 6.73. The first kappa shape index (κ1) is 14.8. The molecule has 110 valence electrons. The van der Waals surface area contributed by atoms with Crippen LogP contribution in [0.3, 0.4) is 0 Å². The lowest BCUT2D eigenvalue weighted by Crippen LogP contribution is -2.46. The quantitative estimate of drug-likeness (QED) is 0.922. The number of carbonyl (C=O) groups is 1. The summed E-state index contributed by atoms with van der Waals surface area (Å²) in [6.07, 6.45) is 1.68. The van der Waals surface area contributed by atoms with Crippen molar-refractivity contribution in [3.8, 4) is 5.75 Å². The van der Waals surface area contributed by atoms with Gasteiger partial charge in [0.15, 0.2) is 11.6 Å². The first-order valence-corrected chi connectivity index (χ1v) is 6.73. The van der Waals surface area contributed by atoms with Crippen LogP contribution in [0.15, 0.2) is 18.2 Å². The molecule has 1 unspecified atom stereocenters. The number of methoxy groups -OCH3 is 1. The third-order valence-electron chi connectivity index (χ3n) is 3.86. The molecule has 0 aliphatic carbocycles. The largest absolute Gasteiger partial charge is 0.494 e. The van der Waals surface area contributed by atoms with Gasteiger partial charge in [0.1, 0.15) is 0 Å². The lowest BCUT2D eigenvalue weighted by molar-refractivity contribution is 0.0354. The van der Waals surface area contributed by atoms with Crippen molar-refractivity contribution in [1.82, 2.24) is 4.90 Å². The van der Waals surface area contributed by atoms with Crippen LogP contribution in [0.25, 0.3) is 0 Å². The number of amides is 1. The highest BCUT2D eigenvalue weighted by Gasteiger charge is 2.33. The fourth-order valence-electron chi connectivity index (χ4n) is 2.62. The van der Waals surface area contributed by atoms with E-state index >= 15 is 0 Å². The maximum atomic E-state index is 14.1. The molecule has 1 saturated heterocycles. The van der Waals surface area contributed by atoms with Gasteiger partial charge in [-0.1, -0.05) is 13.0 Å². The zero-order chi connectivity index (χ0) is 14.8. The van der Waals surface area contributed by atoms with Crippen LogP contribution in [0, 0.1) is 11.2 Å². The molecule has 0 radical (unpaired) electrons. The fraction of sp³-hybridized carbons (Fsp3) is 0.533. The van der Waals surface area contributed by atoms with Gasteiger partial charge in [-0.3, -0.25) is 4.79 Å². The molecule has 1 aromatic rings. The Hall–Kier alpha value is -1.62. The number of rotatable bonds is 3. The molecular weight excluding hydrogens is 261 g/mol. The molecular formula is C15H20FNO3. The number of aliphatic hydroxyl groups excluding tert-OH is 1. The number of nitrogens with zero attached hydrogens (tertiary/aromatic N) is 1. The van der Waals surface area contributed by atoms with E-state index in [2.05, 4.69) is 0 Å². The second kappa shape index (κ2) is 5.79. The van der Waals surface area contributed by atoms with Crippen molar-refractivity contribution < 1.29 is 19.0 Å². The standard InChI is InChI=1S/C15H20FNO3/c1-15(10-18)7-4-8-17(9-15)14(19)11-5-3-6-12(20-2)13(11)16/h3,5-6,18H,4,7-10H2,1-2H3. The maximum absolute atomic E-state index is 14.1. The Balaban J connectivity index is 2.23. The van der Waals surface area contributed by atoms with Crippen LogP contribution >= 0.6 is 0 Å². The van der Waals surface area contributed by atoms with Gasteiger partial charge < -0.3 is 14.7 Å². The minimum absolute atomic E-state index is 0.0199. The zero-order valence-electron chi connectivity index (χ0n) is 11.9. The molecule has 1 aliphatic heterocycles. The highest BCUT2D eigenvalue weighted by molar-refractivity contribution is 5.95. The molecule has 0 bridgehead atoms. The lowest BCUT2D eigenvalue weighted by Gasteiger charge is -2.39. The monoisotopic (exact) mass is 281 g/mol. The Morgan fingerprint density at radius 3 is 2.95 bits per heavy atom. The van der Waals surface area contributed by atoms with Gasteiger partial charge in [-0.15, -0.1) is 0 Å². The fourth-order valence-corrected chi connectivity index (χ4v) is 2.62. The number of halogens is 1. The van der Waals surface area contributed by atoms with Crippen LogP contribution in [0.2, 0.25) is 0 Å². The molecule has 0 saturated carbocycles. The number of piperidine rings is 1. The minimum atomic E-state index is -0.628. The van der Waals surface area contributed by atoms with E-state index in [0.717, 1.165) is 12.8 Å². The molecule has 1 aliphatic rings. The zero-order valence-corrected chi connectivity index (χ0v) is 11.9. The van der Waals surface area contributed by atoms with Crippen molar-refractivity contribution >= 4 is 5.91 Å². The second-order valence-corrected chi connectivity index (χ2v) is 5.62. The summed E-state index contributed by atoms with van der Waals surface area (Å²) < 4.78 is 19.0. The van der Waals surface area contributed by atoms with E-state index in [-0.39, 0.29) is 29.2 Å². The lowest BCUT2D eigenvalue weighted by atomic mass is 9.82. The summed E-state index contributed by atoms with van der Waals surface area (Å²) in [6, 6.07) is 4.55. The van der Waals surface area contributed by atoms with Gasteiger partial charge in [-0.05, 0) is 25.0 Å². The van der Waals surface area contributed by atoms with E-state index in [4.69, 9.17) is 4.74 Å². The molecule has 20 heavy (non-hydrogen) atoms. The van der Waals surface area contributed by atoms with Crippen LogP contribution in [0.1, 0.15) is 30.1 Å². The van der Waals surface area contributed by atoms with Gasteiger partial charge in [0.25, 0.3) is 5.91 Å². The van der Waals surface area contributed by atoms with Crippen LogP contribution in [0.5, 0.6) is 5.75 Å². The number of benzene rings is 1. The minimum Gasteiger partial charge on any atom is -0.494 e. The summed E-state index contributed by atoms with van der Waals surface area (Å²) in [5.41, 5.74) is -0.282. The van der Waals surface area contributed by atoms with E-state index in [0.29, 0.717) is 13.1 Å². The number of hydrogen-bond donors (Lipinski definition) is 1. The number of likely N-dealkylation sites (tertiary alicyclic amines) is 1. The Kier molecular flexibility index (Phi) is 4.28. The summed E-state index contributed by atoms with van der Waals surface area (Å²) in [5.74, 6) is -0.908. The van der Waals surface area contributed by atoms with Gasteiger partial charge in [0, 0.05) is 18.5 Å². The Bertz CT molecular complexity index is 506. The second-order valence-electron chi connectivity index (χ2n) is 5.62. The molecule has 1 amide bonds. The molecule has 0 spiro atoms. The van der Waals surface area contributed by atoms with Crippen molar-refractivity contribution in [2.24, 2.45) is 5.41 Å². The highest BCUT2D eigenvalue weighted by Crippen LogP contribution is 2.30. The molecule has 2 rings (SSSR count). The summed E-state index contributed by atoms with van der Waals surface area (Å²) in [7, 11) is 1.37. The number of aliphatic hydroxyl groups is 1. The summed E-state index contributed by atoms with van der Waals surface area (Å²) in [5, 5.41) is 9.43. The van der Waals surface area contributed by atoms with Gasteiger partial charge in [-0.25, -0.2) is 4.39 Å². The number of carbonyl (C=O) groups excluding carboxylic acids is 1. The molecule has 4 nitrogen and oxygen atoms in total. The predicted molar refractivity (Wildman–Crippen MR) is 73.3 cm³/mol. The third kappa shape index (κ3) is 2.77. The van der Waals surface area contributed by atoms with E-state index < -0.39 is 5.82 Å². The van der Waals surface area contributed by atoms with Gasteiger partial charge in [0.2, 0.25) is 0 Å². The van der Waals surface area contributed by atoms with Crippen LogP contribution < -0.4 is 4.74 Å². The average Bonchev–Trinajstić information content (AvgIpc) is 2.47. The Labute approximate surface area is 118 Å². The topological polar surface area (TPSA) is 49.8 Å². The summed E-state index contributed by atoms with van der Waals surface area (Å²) in [6.45, 7) is 3.00. The smallest absolute Gasteiger partial charge is 0.256 e. The average molecular weight is 281 g/mol. The van der Waals surface area contributed by atoms with E-state index in [1.54, 1.807) is 11.0 Å². The van der Waals surface area contributed by atoms with Crippen LogP contribution in [-0.2, 0) is 0 Å². The third-order valence-corrected chi connectivity index (χ3v) is 3.86. The first-order chi connectivity index (χ1) is 9.50. The van der Waals surface area contributed by atoms with E-state index in [9.17, 15) is 14.3 Å². The van der Waals surface area contributed by atoms with Crippen LogP contribution in [-0.4, -0.2) is 42.7 Å². The predicted octanol–water partition coefficient (Wildman–Crippen LogP) is 2.07. The SMILES string of the molecule is COc1cccc(C(=O)N2CCCC(C)(CO)C2)c1F. The Morgan fingerprint density at radius 1 is 1.55 bits per heavy atom. The highest BCUT2D eigenvalue weighted by atomic mass is 19.1. The van der Waals surface area contributed by atoms with Crippen molar-refractivity contribution in [2.45, 2.75) is 19.8 Å². The number of hydrogen-bond acceptors (Lipinski definition) is 3. The van der Waals surface area contributed by atoms with E-state index in [1.807, 2.05) is 6.92 Å². The molecule has 1 heterocycles. The van der Waals surface area contributed by atoms with E-state index in [1.165, 1.54) is 19.2 Å². The molecule has 1 fully saturated rings. The summed E-state index contributed by atoms with van der Waals surface area (Å²) >= 11 is 0.